The Morgan fingerprint density at radius 3 is 2.55 bits per heavy atom. The Hall–Kier alpha value is -1.24. The second-order valence-electron chi connectivity index (χ2n) is 8.18. The van der Waals surface area contributed by atoms with Crippen LogP contribution in [0.2, 0.25) is 0 Å². The molecule has 1 atom stereocenters. The molecule has 0 spiro atoms. The highest BCUT2D eigenvalue weighted by Crippen LogP contribution is 2.25. The maximum absolute atomic E-state index is 4.54. The zero-order chi connectivity index (χ0) is 20.3. The Bertz CT molecular complexity index is 601. The van der Waals surface area contributed by atoms with Crippen LogP contribution >= 0.6 is 11.8 Å². The lowest BCUT2D eigenvalue weighted by Crippen LogP contribution is -2.46. The molecule has 0 aliphatic carbocycles. The first-order valence-corrected chi connectivity index (χ1v) is 12.3. The van der Waals surface area contributed by atoms with Crippen LogP contribution in [-0.2, 0) is 0 Å². The van der Waals surface area contributed by atoms with Crippen LogP contribution in [0.1, 0.15) is 26.2 Å². The summed E-state index contributed by atoms with van der Waals surface area (Å²) in [5.74, 6) is 3.04. The van der Waals surface area contributed by atoms with Crippen molar-refractivity contribution in [2.24, 2.45) is 10.9 Å². The van der Waals surface area contributed by atoms with Crippen LogP contribution in [0.25, 0.3) is 0 Å². The molecule has 1 aromatic rings. The summed E-state index contributed by atoms with van der Waals surface area (Å²) in [4.78, 5) is 13.5. The van der Waals surface area contributed by atoms with Crippen molar-refractivity contribution >= 4 is 17.7 Å². The Morgan fingerprint density at radius 2 is 1.83 bits per heavy atom. The zero-order valence-corrected chi connectivity index (χ0v) is 19.2. The summed E-state index contributed by atoms with van der Waals surface area (Å²) in [5, 5.41) is 3.60. The van der Waals surface area contributed by atoms with E-state index in [0.717, 1.165) is 31.5 Å². The minimum Gasteiger partial charge on any atom is -0.356 e. The minimum absolute atomic E-state index is 0.751. The number of likely N-dealkylation sites (tertiary alicyclic amines) is 1. The number of nitrogens with zero attached hydrogens (tertiary/aromatic N) is 4. The Balaban J connectivity index is 1.27. The van der Waals surface area contributed by atoms with Crippen molar-refractivity contribution in [3.8, 4) is 0 Å². The summed E-state index contributed by atoms with van der Waals surface area (Å²) in [7, 11) is 1.92. The van der Waals surface area contributed by atoms with Crippen LogP contribution < -0.4 is 5.32 Å². The van der Waals surface area contributed by atoms with Gasteiger partial charge in [0, 0.05) is 63.5 Å². The predicted octanol–water partition coefficient (Wildman–Crippen LogP) is 3.09. The third-order valence-corrected chi connectivity index (χ3v) is 7.37. The predicted molar refractivity (Wildman–Crippen MR) is 126 cm³/mol. The highest BCUT2D eigenvalue weighted by Gasteiger charge is 2.24. The molecule has 5 nitrogen and oxygen atoms in total. The van der Waals surface area contributed by atoms with Gasteiger partial charge in [-0.3, -0.25) is 4.99 Å². The van der Waals surface area contributed by atoms with Crippen LogP contribution in [-0.4, -0.2) is 92.4 Å². The van der Waals surface area contributed by atoms with E-state index in [-0.39, 0.29) is 0 Å². The van der Waals surface area contributed by atoms with Gasteiger partial charge in [0.15, 0.2) is 5.96 Å². The van der Waals surface area contributed by atoms with E-state index in [0.29, 0.717) is 0 Å². The maximum Gasteiger partial charge on any atom is 0.193 e. The Labute approximate surface area is 181 Å². The third kappa shape index (κ3) is 7.50. The smallest absolute Gasteiger partial charge is 0.193 e. The lowest BCUT2D eigenvalue weighted by atomic mass is 10.2. The van der Waals surface area contributed by atoms with Crippen molar-refractivity contribution in [2.75, 3.05) is 71.7 Å². The summed E-state index contributed by atoms with van der Waals surface area (Å²) in [6.07, 6.45) is 3.75. The number of guanidine groups is 1. The monoisotopic (exact) mass is 417 g/mol. The highest BCUT2D eigenvalue weighted by atomic mass is 32.2. The van der Waals surface area contributed by atoms with Crippen molar-refractivity contribution in [1.82, 2.24) is 20.0 Å². The highest BCUT2D eigenvalue weighted by molar-refractivity contribution is 7.99. The van der Waals surface area contributed by atoms with Gasteiger partial charge in [-0.05, 0) is 50.4 Å². The lowest BCUT2D eigenvalue weighted by molar-refractivity contribution is 0.136. The molecular formula is C23H39N5S. The molecule has 2 saturated heterocycles. The van der Waals surface area contributed by atoms with Crippen LogP contribution in [0.3, 0.4) is 0 Å². The summed E-state index contributed by atoms with van der Waals surface area (Å²) in [6.45, 7) is 12.9. The second kappa shape index (κ2) is 12.5. The van der Waals surface area contributed by atoms with E-state index in [1.54, 1.807) is 0 Å². The average Bonchev–Trinajstić information content (AvgIpc) is 3.25. The molecule has 2 aliphatic rings. The quantitative estimate of drug-likeness (QED) is 0.289. The van der Waals surface area contributed by atoms with E-state index in [1.165, 1.54) is 69.2 Å². The fourth-order valence-corrected chi connectivity index (χ4v) is 5.26. The molecule has 0 amide bonds. The van der Waals surface area contributed by atoms with Crippen LogP contribution in [0.15, 0.2) is 40.2 Å². The van der Waals surface area contributed by atoms with Gasteiger partial charge in [0.25, 0.3) is 0 Å². The number of aliphatic imine (C=N–C) groups is 1. The van der Waals surface area contributed by atoms with E-state index < -0.39 is 0 Å². The van der Waals surface area contributed by atoms with Gasteiger partial charge < -0.3 is 20.0 Å². The Morgan fingerprint density at radius 1 is 1.07 bits per heavy atom. The van der Waals surface area contributed by atoms with Gasteiger partial charge in [-0.15, -0.1) is 11.8 Å². The minimum atomic E-state index is 0.751. The molecular weight excluding hydrogens is 378 g/mol. The molecule has 6 heteroatoms. The van der Waals surface area contributed by atoms with Crippen LogP contribution in [0.4, 0.5) is 0 Å². The Kier molecular flexibility index (Phi) is 9.64. The van der Waals surface area contributed by atoms with Crippen molar-refractivity contribution in [3.05, 3.63) is 30.3 Å². The molecule has 0 bridgehead atoms. The molecule has 1 N–H and O–H groups in total. The standard InChI is InChI=1S/C23H39N5S/c1-3-26-15-17-27(18-16-26)13-8-7-12-25-23(24-2)28-14-11-21(19-28)20-29-22-9-5-4-6-10-22/h4-6,9-10,21H,3,7-8,11-20H2,1-2H3,(H,24,25). The van der Waals surface area contributed by atoms with Crippen LogP contribution in [0.5, 0.6) is 0 Å². The van der Waals surface area contributed by atoms with Crippen molar-refractivity contribution in [2.45, 2.75) is 31.1 Å². The fraction of sp³-hybridized carbons (Fsp3) is 0.696. The molecule has 0 aromatic heterocycles. The normalized spacial score (nSPS) is 21.7. The lowest BCUT2D eigenvalue weighted by Gasteiger charge is -2.34. The number of rotatable bonds is 9. The van der Waals surface area contributed by atoms with Crippen LogP contribution in [0, 0.1) is 5.92 Å². The number of benzene rings is 1. The summed E-state index contributed by atoms with van der Waals surface area (Å²) in [6, 6.07) is 10.8. The molecule has 1 aromatic carbocycles. The third-order valence-electron chi connectivity index (χ3n) is 6.12. The first kappa shape index (κ1) is 22.4. The van der Waals surface area contributed by atoms with Crippen molar-refractivity contribution in [1.29, 1.82) is 0 Å². The number of likely N-dealkylation sites (N-methyl/N-ethyl adjacent to an activating group) is 1. The van der Waals surface area contributed by atoms with Gasteiger partial charge in [-0.25, -0.2) is 0 Å². The first-order chi connectivity index (χ1) is 14.3. The van der Waals surface area contributed by atoms with Gasteiger partial charge >= 0.3 is 0 Å². The SMILES string of the molecule is CCN1CCN(CCCCNC(=NC)N2CCC(CSc3ccccc3)C2)CC1. The second-order valence-corrected chi connectivity index (χ2v) is 9.28. The van der Waals surface area contributed by atoms with Gasteiger partial charge in [-0.2, -0.15) is 0 Å². The topological polar surface area (TPSA) is 34.1 Å². The average molecular weight is 418 g/mol. The number of thioether (sulfide) groups is 1. The van der Waals surface area contributed by atoms with Crippen molar-refractivity contribution < 1.29 is 0 Å². The van der Waals surface area contributed by atoms with E-state index in [4.69, 9.17) is 0 Å². The van der Waals surface area contributed by atoms with Gasteiger partial charge in [0.1, 0.15) is 0 Å². The van der Waals surface area contributed by atoms with E-state index in [2.05, 4.69) is 62.3 Å². The molecule has 2 heterocycles. The molecule has 2 fully saturated rings. The molecule has 3 rings (SSSR count). The number of unbranched alkanes of at least 4 members (excludes halogenated alkanes) is 1. The summed E-state index contributed by atoms with van der Waals surface area (Å²) >= 11 is 1.98. The largest absolute Gasteiger partial charge is 0.356 e. The van der Waals surface area contributed by atoms with Gasteiger partial charge in [-0.1, -0.05) is 25.1 Å². The molecule has 162 valence electrons. The van der Waals surface area contributed by atoms with E-state index >= 15 is 0 Å². The molecule has 1 unspecified atom stereocenters. The number of hydrogen-bond acceptors (Lipinski definition) is 4. The molecule has 29 heavy (non-hydrogen) atoms. The summed E-state index contributed by atoms with van der Waals surface area (Å²) < 4.78 is 0. The number of piperazine rings is 1. The molecule has 2 aliphatic heterocycles. The number of nitrogens with one attached hydrogen (secondary N) is 1. The number of hydrogen-bond donors (Lipinski definition) is 1. The van der Waals surface area contributed by atoms with E-state index in [9.17, 15) is 0 Å². The first-order valence-electron chi connectivity index (χ1n) is 11.4. The molecule has 0 saturated carbocycles. The zero-order valence-electron chi connectivity index (χ0n) is 18.4. The fourth-order valence-electron chi connectivity index (χ4n) is 4.21. The molecule has 0 radical (unpaired) electrons. The van der Waals surface area contributed by atoms with E-state index in [1.807, 2.05) is 18.8 Å². The van der Waals surface area contributed by atoms with Gasteiger partial charge in [0.05, 0.1) is 0 Å². The maximum atomic E-state index is 4.54. The summed E-state index contributed by atoms with van der Waals surface area (Å²) in [5.41, 5.74) is 0. The van der Waals surface area contributed by atoms with Crippen molar-refractivity contribution in [3.63, 3.8) is 0 Å². The van der Waals surface area contributed by atoms with Gasteiger partial charge in [0.2, 0.25) is 0 Å².